The Labute approximate surface area is 342 Å². The van der Waals surface area contributed by atoms with Crippen molar-refractivity contribution in [2.75, 3.05) is 0 Å². The molecule has 3 heterocycles. The van der Waals surface area contributed by atoms with E-state index in [2.05, 4.69) is 77.4 Å². The summed E-state index contributed by atoms with van der Waals surface area (Å²) < 4.78 is 14.7. The molecule has 266 valence electrons. The van der Waals surface area contributed by atoms with Crippen molar-refractivity contribution in [1.82, 2.24) is 0 Å². The second kappa shape index (κ2) is 18.7. The van der Waals surface area contributed by atoms with Crippen molar-refractivity contribution in [3.05, 3.63) is 124 Å². The molecule has 0 saturated carbocycles. The van der Waals surface area contributed by atoms with E-state index < -0.39 is 0 Å². The van der Waals surface area contributed by atoms with Crippen LogP contribution in [0, 0.1) is 22.7 Å². The Bertz CT molecular complexity index is 2210. The van der Waals surface area contributed by atoms with Crippen molar-refractivity contribution < 1.29 is 14.6 Å². The van der Waals surface area contributed by atoms with Crippen LogP contribution in [-0.2, 0) is 6.42 Å². The number of thiophene rings is 3. The first kappa shape index (κ1) is 39.9. The van der Waals surface area contributed by atoms with Crippen molar-refractivity contribution in [2.45, 2.75) is 58.8 Å². The predicted molar refractivity (Wildman–Crippen MR) is 227 cm³/mol. The topological polar surface area (TPSA) is 86.3 Å². The van der Waals surface area contributed by atoms with E-state index in [9.17, 15) is 15.6 Å². The minimum Gasteiger partial charge on any atom is -0.490 e. The summed E-state index contributed by atoms with van der Waals surface area (Å²) in [5.74, 6) is 1.27. The van der Waals surface area contributed by atoms with Crippen molar-refractivity contribution in [1.29, 1.82) is 10.5 Å². The summed E-state index contributed by atoms with van der Waals surface area (Å²) in [6.45, 7) is 7.81. The molecule has 0 spiro atoms. The van der Waals surface area contributed by atoms with Gasteiger partial charge in [-0.25, -0.2) is 0 Å². The molecule has 52 heavy (non-hydrogen) atoms. The van der Waals surface area contributed by atoms with Gasteiger partial charge in [0.2, 0.25) is 0 Å². The van der Waals surface area contributed by atoms with E-state index in [0.29, 0.717) is 22.6 Å². The molecule has 0 aliphatic heterocycles. The first-order valence-electron chi connectivity index (χ1n) is 16.4. The number of nitriles is 2. The summed E-state index contributed by atoms with van der Waals surface area (Å²) in [6, 6.07) is 28.3. The molecule has 0 radical (unpaired) electrons. The molecular weight excluding hydrogens is 904 g/mol. The van der Waals surface area contributed by atoms with Gasteiger partial charge in [0.05, 0.1) is 33.2 Å². The van der Waals surface area contributed by atoms with E-state index >= 15 is 0 Å². The van der Waals surface area contributed by atoms with Gasteiger partial charge < -0.3 is 14.6 Å². The van der Waals surface area contributed by atoms with Crippen molar-refractivity contribution in [2.24, 2.45) is 0 Å². The molecule has 0 bridgehead atoms. The molecule has 3 aromatic carbocycles. The van der Waals surface area contributed by atoms with E-state index in [1.165, 1.54) is 20.5 Å². The lowest BCUT2D eigenvalue weighted by atomic mass is 9.98. The van der Waals surface area contributed by atoms with Gasteiger partial charge in [-0.05, 0) is 182 Å². The lowest BCUT2D eigenvalue weighted by molar-refractivity contribution is 0.180. The van der Waals surface area contributed by atoms with E-state index in [0.717, 1.165) is 48.2 Å². The summed E-state index contributed by atoms with van der Waals surface area (Å²) >= 11 is 15.1. The SMILES string of the molecule is Brc1csc(Br)c1.CC(C)Oc1ccc(-c2cc(-c3cccc4c3CC[C@H]4O)cs2)cc1C#N.CC(C)Oc1ccc(-c2cc(Br)cs2)cc1C#N. The van der Waals surface area contributed by atoms with Crippen molar-refractivity contribution in [3.63, 3.8) is 0 Å². The first-order chi connectivity index (χ1) is 24.9. The molecule has 6 aromatic rings. The second-order valence-corrected chi connectivity index (χ2v) is 18.2. The van der Waals surface area contributed by atoms with Crippen LogP contribution in [0.5, 0.6) is 11.5 Å². The number of halogens is 3. The quantitative estimate of drug-likeness (QED) is 0.172. The van der Waals surface area contributed by atoms with E-state index in [1.54, 1.807) is 34.0 Å². The van der Waals surface area contributed by atoms with Gasteiger partial charge in [-0.15, -0.1) is 34.0 Å². The number of hydrogen-bond acceptors (Lipinski definition) is 8. The van der Waals surface area contributed by atoms with Gasteiger partial charge in [0.25, 0.3) is 0 Å². The van der Waals surface area contributed by atoms with E-state index in [4.69, 9.17) is 9.47 Å². The highest BCUT2D eigenvalue weighted by atomic mass is 79.9. The molecule has 3 aromatic heterocycles. The maximum absolute atomic E-state index is 10.1. The minimum atomic E-state index is -0.343. The zero-order chi connectivity index (χ0) is 37.4. The lowest BCUT2D eigenvalue weighted by Gasteiger charge is -2.11. The van der Waals surface area contributed by atoms with Crippen molar-refractivity contribution in [3.8, 4) is 55.6 Å². The number of aliphatic hydroxyl groups excluding tert-OH is 1. The van der Waals surface area contributed by atoms with Gasteiger partial charge in [-0.1, -0.05) is 18.2 Å². The average Bonchev–Trinajstić information content (AvgIpc) is 3.94. The molecule has 1 atom stereocenters. The highest BCUT2D eigenvalue weighted by molar-refractivity contribution is 9.11. The third-order valence-electron chi connectivity index (χ3n) is 7.75. The van der Waals surface area contributed by atoms with E-state index in [1.807, 2.05) is 99.1 Å². The standard InChI is InChI=1S/C23H21NO2S.C14H12BrNOS.C4H2Br2S/c1-14(2)26-22-9-6-15(10-16(22)12-24)23-11-17(13-27-23)18-4-3-5-20-19(18)7-8-21(20)25;1-9(2)17-13-4-3-10(5-11(13)7-16)14-6-12(15)8-18-14;5-3-1-4(6)7-2-3/h3-6,9-11,13-14,21,25H,7-8H2,1-2H3;3-6,8-9H,1-2H3;1-2H/t21-;;/m1../s1. The van der Waals surface area contributed by atoms with Crippen LogP contribution in [0.25, 0.3) is 32.0 Å². The fourth-order valence-electron chi connectivity index (χ4n) is 5.54. The summed E-state index contributed by atoms with van der Waals surface area (Å²) in [6.07, 6.45) is 1.47. The molecule has 0 amide bonds. The number of hydrogen-bond donors (Lipinski definition) is 1. The fourth-order valence-corrected chi connectivity index (χ4v) is 9.86. The van der Waals surface area contributed by atoms with Crippen LogP contribution in [0.2, 0.25) is 0 Å². The predicted octanol–water partition coefficient (Wildman–Crippen LogP) is 13.8. The summed E-state index contributed by atoms with van der Waals surface area (Å²) in [4.78, 5) is 2.25. The van der Waals surface area contributed by atoms with Crippen LogP contribution in [0.4, 0.5) is 0 Å². The Kier molecular flexibility index (Phi) is 14.3. The third-order valence-corrected chi connectivity index (χ3v) is 12.7. The maximum atomic E-state index is 10.1. The number of ether oxygens (including phenoxy) is 2. The molecule has 0 unspecified atom stereocenters. The lowest BCUT2D eigenvalue weighted by Crippen LogP contribution is -2.06. The van der Waals surface area contributed by atoms with Gasteiger partial charge in [0, 0.05) is 29.5 Å². The van der Waals surface area contributed by atoms with Gasteiger partial charge in [-0.2, -0.15) is 10.5 Å². The third kappa shape index (κ3) is 10.4. The average molecular weight is 940 g/mol. The fraction of sp³-hybridized carbons (Fsp3) is 0.220. The summed E-state index contributed by atoms with van der Waals surface area (Å²) in [5, 5.41) is 35.0. The number of nitrogens with zero attached hydrogens (tertiary/aromatic N) is 2. The minimum absolute atomic E-state index is 0.0341. The largest absolute Gasteiger partial charge is 0.490 e. The number of rotatable bonds is 7. The number of benzene rings is 3. The number of fused-ring (bicyclic) bond motifs is 1. The van der Waals surface area contributed by atoms with Gasteiger partial charge >= 0.3 is 0 Å². The molecule has 1 N–H and O–H groups in total. The molecule has 0 saturated heterocycles. The first-order valence-corrected chi connectivity index (χ1v) is 21.4. The van der Waals surface area contributed by atoms with Gasteiger partial charge in [0.1, 0.15) is 23.6 Å². The van der Waals surface area contributed by atoms with Crippen LogP contribution < -0.4 is 9.47 Å². The monoisotopic (exact) mass is 936 g/mol. The zero-order valence-corrected chi connectivity index (χ0v) is 36.0. The second-order valence-electron chi connectivity index (χ2n) is 12.3. The normalized spacial score (nSPS) is 13.0. The van der Waals surface area contributed by atoms with Crippen molar-refractivity contribution >= 4 is 81.8 Å². The molecule has 1 aliphatic carbocycles. The van der Waals surface area contributed by atoms with Crippen LogP contribution in [0.1, 0.15) is 62.5 Å². The Morgan fingerprint density at radius 2 is 1.25 bits per heavy atom. The molecule has 11 heteroatoms. The van der Waals surface area contributed by atoms with E-state index in [-0.39, 0.29) is 18.3 Å². The molecule has 1 aliphatic rings. The van der Waals surface area contributed by atoms with Crippen LogP contribution in [0.15, 0.2) is 102 Å². The molecule has 0 fully saturated rings. The van der Waals surface area contributed by atoms with Crippen LogP contribution in [-0.4, -0.2) is 17.3 Å². The van der Waals surface area contributed by atoms with Crippen LogP contribution >= 0.6 is 81.8 Å². The Morgan fingerprint density at radius 1 is 0.692 bits per heavy atom. The summed E-state index contributed by atoms with van der Waals surface area (Å²) in [7, 11) is 0. The highest BCUT2D eigenvalue weighted by Gasteiger charge is 2.23. The highest BCUT2D eigenvalue weighted by Crippen LogP contribution is 2.41. The Hall–Kier alpha value is -3.26. The number of aliphatic hydroxyl groups is 1. The molecule has 7 rings (SSSR count). The molecular formula is C41H35Br3N2O3S3. The van der Waals surface area contributed by atoms with Gasteiger partial charge in [0.15, 0.2) is 0 Å². The van der Waals surface area contributed by atoms with Gasteiger partial charge in [-0.3, -0.25) is 0 Å². The Morgan fingerprint density at radius 3 is 1.73 bits per heavy atom. The summed E-state index contributed by atoms with van der Waals surface area (Å²) in [5.41, 5.74) is 7.87. The smallest absolute Gasteiger partial charge is 0.137 e. The zero-order valence-electron chi connectivity index (χ0n) is 28.8. The molecule has 5 nitrogen and oxygen atoms in total. The maximum Gasteiger partial charge on any atom is 0.137 e. The van der Waals surface area contributed by atoms with Crippen LogP contribution in [0.3, 0.4) is 0 Å². The Balaban J connectivity index is 0.000000179.